The first-order valence-corrected chi connectivity index (χ1v) is 14.0. The molecule has 186 valence electrons. The zero-order valence-electron chi connectivity index (χ0n) is 19.4. The molecule has 1 aliphatic heterocycles. The van der Waals surface area contributed by atoms with Crippen LogP contribution in [0.1, 0.15) is 51.9 Å². The van der Waals surface area contributed by atoms with Crippen LogP contribution in [0.2, 0.25) is 0 Å². The Morgan fingerprint density at radius 1 is 0.971 bits per heavy atom. The third-order valence-corrected chi connectivity index (χ3v) is 8.95. The normalized spacial score (nSPS) is 19.7. The molecule has 2 aromatic carbocycles. The summed E-state index contributed by atoms with van der Waals surface area (Å²) in [5.41, 5.74) is 0.883. The van der Waals surface area contributed by atoms with E-state index in [1.807, 2.05) is 0 Å². The number of amides is 3. The lowest BCUT2D eigenvalue weighted by atomic mass is 10.1. The van der Waals surface area contributed by atoms with Crippen LogP contribution in [-0.2, 0) is 24.4 Å². The van der Waals surface area contributed by atoms with E-state index in [0.29, 0.717) is 24.2 Å². The zero-order chi connectivity index (χ0) is 25.2. The molecule has 35 heavy (non-hydrogen) atoms. The second-order valence-electron chi connectivity index (χ2n) is 8.95. The van der Waals surface area contributed by atoms with E-state index in [-0.39, 0.29) is 23.3 Å². The minimum atomic E-state index is -4.03. The standard InChI is InChI=1S/C25H28BrN3O5S/c1-17(30)27-19-10-12-20(13-11-19)28-24(31)16-23(25(28)32)29(21-6-4-2-3-5-7-21)35(33,34)22-14-8-18(26)9-15-22/h8-15,21,23H,2-7,16H2,1H3,(H,27,30). The number of rotatable bonds is 6. The Bertz CT molecular complexity index is 1210. The molecule has 0 bridgehead atoms. The van der Waals surface area contributed by atoms with Gasteiger partial charge in [0.15, 0.2) is 0 Å². The molecule has 1 heterocycles. The molecule has 1 unspecified atom stereocenters. The van der Waals surface area contributed by atoms with Crippen molar-refractivity contribution in [2.24, 2.45) is 0 Å². The monoisotopic (exact) mass is 561 g/mol. The van der Waals surface area contributed by atoms with Gasteiger partial charge in [0, 0.05) is 23.1 Å². The highest BCUT2D eigenvalue weighted by molar-refractivity contribution is 9.10. The van der Waals surface area contributed by atoms with Gasteiger partial charge in [-0.3, -0.25) is 14.4 Å². The Balaban J connectivity index is 1.69. The molecule has 1 N–H and O–H groups in total. The Kier molecular flexibility index (Phi) is 7.73. The summed E-state index contributed by atoms with van der Waals surface area (Å²) < 4.78 is 29.8. The van der Waals surface area contributed by atoms with Crippen molar-refractivity contribution >= 4 is 55.0 Å². The minimum Gasteiger partial charge on any atom is -0.326 e. The highest BCUT2D eigenvalue weighted by Gasteiger charge is 2.49. The second-order valence-corrected chi connectivity index (χ2v) is 11.7. The first kappa shape index (κ1) is 25.5. The lowest BCUT2D eigenvalue weighted by molar-refractivity contribution is -0.122. The van der Waals surface area contributed by atoms with Gasteiger partial charge in [-0.05, 0) is 61.4 Å². The molecule has 1 atom stereocenters. The quantitative estimate of drug-likeness (QED) is 0.414. The first-order chi connectivity index (χ1) is 16.7. The Morgan fingerprint density at radius 3 is 2.14 bits per heavy atom. The smallest absolute Gasteiger partial charge is 0.252 e. The number of nitrogens with one attached hydrogen (secondary N) is 1. The zero-order valence-corrected chi connectivity index (χ0v) is 21.8. The molecule has 4 rings (SSSR count). The fourth-order valence-corrected chi connectivity index (χ4v) is 6.93. The molecule has 8 nitrogen and oxygen atoms in total. The van der Waals surface area contributed by atoms with E-state index in [0.717, 1.165) is 35.1 Å². The molecule has 10 heteroatoms. The Hall–Kier alpha value is -2.56. The first-order valence-electron chi connectivity index (χ1n) is 11.7. The van der Waals surface area contributed by atoms with Gasteiger partial charge in [-0.1, -0.05) is 41.6 Å². The van der Waals surface area contributed by atoms with Crippen molar-refractivity contribution in [3.05, 3.63) is 53.0 Å². The molecule has 3 amide bonds. The predicted octanol–water partition coefficient (Wildman–Crippen LogP) is 4.45. The highest BCUT2D eigenvalue weighted by atomic mass is 79.9. The van der Waals surface area contributed by atoms with Crippen LogP contribution in [0.5, 0.6) is 0 Å². The van der Waals surface area contributed by atoms with Crippen LogP contribution in [0.15, 0.2) is 57.9 Å². The van der Waals surface area contributed by atoms with Crippen molar-refractivity contribution in [2.45, 2.75) is 68.8 Å². The number of hydrogen-bond donors (Lipinski definition) is 1. The molecule has 2 aliphatic rings. The van der Waals surface area contributed by atoms with Gasteiger partial charge in [0.25, 0.3) is 5.91 Å². The molecule has 0 spiro atoms. The molecule has 2 fully saturated rings. The van der Waals surface area contributed by atoms with Crippen molar-refractivity contribution in [1.82, 2.24) is 4.31 Å². The van der Waals surface area contributed by atoms with Gasteiger partial charge in [-0.25, -0.2) is 13.3 Å². The number of sulfonamides is 1. The molecule has 0 aromatic heterocycles. The lowest BCUT2D eigenvalue weighted by Crippen LogP contribution is -2.50. The number of nitrogens with zero attached hydrogens (tertiary/aromatic N) is 2. The van der Waals surface area contributed by atoms with Crippen LogP contribution in [0.3, 0.4) is 0 Å². The number of imide groups is 1. The predicted molar refractivity (Wildman–Crippen MR) is 136 cm³/mol. The maximum Gasteiger partial charge on any atom is 0.252 e. The van der Waals surface area contributed by atoms with E-state index in [2.05, 4.69) is 21.2 Å². The van der Waals surface area contributed by atoms with E-state index < -0.39 is 27.9 Å². The summed E-state index contributed by atoms with van der Waals surface area (Å²) >= 11 is 3.33. The number of halogens is 1. The lowest BCUT2D eigenvalue weighted by Gasteiger charge is -2.33. The van der Waals surface area contributed by atoms with E-state index in [1.54, 1.807) is 36.4 Å². The van der Waals surface area contributed by atoms with Crippen LogP contribution in [-0.4, -0.2) is 42.5 Å². The van der Waals surface area contributed by atoms with E-state index in [1.165, 1.54) is 23.4 Å². The van der Waals surface area contributed by atoms with Crippen LogP contribution in [0.4, 0.5) is 11.4 Å². The number of benzene rings is 2. The van der Waals surface area contributed by atoms with Crippen LogP contribution < -0.4 is 10.2 Å². The van der Waals surface area contributed by atoms with Gasteiger partial charge >= 0.3 is 0 Å². The van der Waals surface area contributed by atoms with Crippen LogP contribution in [0.25, 0.3) is 0 Å². The molecule has 1 saturated heterocycles. The van der Waals surface area contributed by atoms with Crippen molar-refractivity contribution in [3.8, 4) is 0 Å². The van der Waals surface area contributed by atoms with E-state index in [9.17, 15) is 22.8 Å². The van der Waals surface area contributed by atoms with Gasteiger partial charge in [0.05, 0.1) is 17.0 Å². The molecule has 2 aromatic rings. The van der Waals surface area contributed by atoms with Gasteiger partial charge in [0.1, 0.15) is 6.04 Å². The van der Waals surface area contributed by atoms with Gasteiger partial charge in [-0.2, -0.15) is 4.31 Å². The third kappa shape index (κ3) is 5.49. The Morgan fingerprint density at radius 2 is 1.57 bits per heavy atom. The van der Waals surface area contributed by atoms with Crippen molar-refractivity contribution < 1.29 is 22.8 Å². The summed E-state index contributed by atoms with van der Waals surface area (Å²) in [6, 6.07) is 11.2. The summed E-state index contributed by atoms with van der Waals surface area (Å²) in [6.45, 7) is 1.39. The van der Waals surface area contributed by atoms with E-state index >= 15 is 0 Å². The average molecular weight is 562 g/mol. The average Bonchev–Trinajstić information content (AvgIpc) is 2.97. The number of hydrogen-bond acceptors (Lipinski definition) is 5. The number of carbonyl (C=O) groups excluding carboxylic acids is 3. The molecular weight excluding hydrogens is 534 g/mol. The maximum absolute atomic E-state index is 13.9. The minimum absolute atomic E-state index is 0.100. The topological polar surface area (TPSA) is 104 Å². The van der Waals surface area contributed by atoms with Crippen LogP contribution in [0, 0.1) is 0 Å². The van der Waals surface area contributed by atoms with Crippen molar-refractivity contribution in [2.75, 3.05) is 10.2 Å². The molecule has 0 radical (unpaired) electrons. The fourth-order valence-electron chi connectivity index (χ4n) is 4.84. The molecular formula is C25H28BrN3O5S. The third-order valence-electron chi connectivity index (χ3n) is 6.45. The van der Waals surface area contributed by atoms with Gasteiger partial charge < -0.3 is 5.32 Å². The van der Waals surface area contributed by atoms with Crippen molar-refractivity contribution in [1.29, 1.82) is 0 Å². The van der Waals surface area contributed by atoms with Crippen molar-refractivity contribution in [3.63, 3.8) is 0 Å². The number of carbonyl (C=O) groups is 3. The number of anilines is 2. The summed E-state index contributed by atoms with van der Waals surface area (Å²) in [4.78, 5) is 39.1. The summed E-state index contributed by atoms with van der Waals surface area (Å²) in [6.07, 6.45) is 4.89. The van der Waals surface area contributed by atoms with Crippen LogP contribution >= 0.6 is 15.9 Å². The van der Waals surface area contributed by atoms with E-state index in [4.69, 9.17) is 0 Å². The summed E-state index contributed by atoms with van der Waals surface area (Å²) in [7, 11) is -4.03. The maximum atomic E-state index is 13.9. The summed E-state index contributed by atoms with van der Waals surface area (Å²) in [5.74, 6) is -1.23. The van der Waals surface area contributed by atoms with Gasteiger partial charge in [0.2, 0.25) is 21.8 Å². The largest absolute Gasteiger partial charge is 0.326 e. The van der Waals surface area contributed by atoms with Gasteiger partial charge in [-0.15, -0.1) is 0 Å². The molecule has 1 saturated carbocycles. The second kappa shape index (κ2) is 10.6. The highest BCUT2D eigenvalue weighted by Crippen LogP contribution is 2.35. The molecule has 1 aliphatic carbocycles. The summed E-state index contributed by atoms with van der Waals surface area (Å²) in [5, 5.41) is 2.64. The SMILES string of the molecule is CC(=O)Nc1ccc(N2C(=O)CC(N(C3CCCCCC3)S(=O)(=O)c3ccc(Br)cc3)C2=O)cc1. The Labute approximate surface area is 213 Å². The fraction of sp³-hybridized carbons (Fsp3) is 0.400.